The van der Waals surface area contributed by atoms with Crippen molar-refractivity contribution in [1.29, 1.82) is 0 Å². The third-order valence-electron chi connectivity index (χ3n) is 14.8. The molecule has 2 fully saturated rings. The van der Waals surface area contributed by atoms with Gasteiger partial charge in [0, 0.05) is 81.8 Å². The molecule has 3 amide bonds. The van der Waals surface area contributed by atoms with E-state index in [2.05, 4.69) is 41.1 Å². The molecule has 4 aromatic heterocycles. The van der Waals surface area contributed by atoms with Crippen molar-refractivity contribution in [1.82, 2.24) is 50.2 Å². The van der Waals surface area contributed by atoms with Crippen LogP contribution in [-0.2, 0) is 22.6 Å². The summed E-state index contributed by atoms with van der Waals surface area (Å²) in [6, 6.07) is 45.1. The Balaban J connectivity index is 0.000000171. The molecule has 0 saturated carbocycles. The van der Waals surface area contributed by atoms with Crippen LogP contribution in [0.5, 0.6) is 0 Å². The Morgan fingerprint density at radius 2 is 0.918 bits per heavy atom. The summed E-state index contributed by atoms with van der Waals surface area (Å²) >= 11 is 4.81. The maximum absolute atomic E-state index is 13.4. The van der Waals surface area contributed by atoms with E-state index >= 15 is 0 Å². The van der Waals surface area contributed by atoms with Gasteiger partial charge < -0.3 is 30.3 Å². The lowest BCUT2D eigenvalue weighted by Crippen LogP contribution is -2.40. The van der Waals surface area contributed by atoms with E-state index in [1.54, 1.807) is 30.9 Å². The number of nitrogens with zero attached hydrogens (tertiary/aromatic N) is 7. The molecule has 6 aromatic carbocycles. The number of nitrogens with one attached hydrogen (secondary N) is 5. The Morgan fingerprint density at radius 3 is 1.32 bits per heavy atom. The number of likely N-dealkylation sites (tertiary alicyclic amines) is 1. The summed E-state index contributed by atoms with van der Waals surface area (Å²) in [5, 5.41) is 36.8. The Labute approximate surface area is 493 Å². The fraction of sp³-hybridized carbons (Fsp3) is 0.281. The molecule has 2 aliphatic heterocycles. The highest BCUT2D eigenvalue weighted by molar-refractivity contribution is 6.61. The summed E-state index contributed by atoms with van der Waals surface area (Å²) in [5.41, 5.74) is 5.77. The van der Waals surface area contributed by atoms with Gasteiger partial charge in [-0.2, -0.15) is 20.4 Å². The average Bonchev–Trinajstić information content (AvgIpc) is 3.80. The fourth-order valence-corrected chi connectivity index (χ4v) is 10.8. The molecular weight excluding hydrogens is 1100 g/mol. The largest absolute Gasteiger partial charge is 0.451 e. The van der Waals surface area contributed by atoms with Gasteiger partial charge in [0.15, 0.2) is 11.4 Å². The second-order valence-electron chi connectivity index (χ2n) is 21.5. The third-order valence-corrected chi connectivity index (χ3v) is 14.9. The molecule has 2 aliphatic rings. The van der Waals surface area contributed by atoms with Gasteiger partial charge in [0.25, 0.3) is 22.9 Å². The van der Waals surface area contributed by atoms with E-state index in [-0.39, 0.29) is 41.2 Å². The molecule has 2 saturated heterocycles. The van der Waals surface area contributed by atoms with Crippen LogP contribution in [0.2, 0.25) is 0 Å². The number of para-hydroxylation sites is 2. The molecule has 0 atom stereocenters. The van der Waals surface area contributed by atoms with Gasteiger partial charge in [0.2, 0.25) is 0 Å². The van der Waals surface area contributed by atoms with Crippen molar-refractivity contribution < 1.29 is 28.7 Å². The van der Waals surface area contributed by atoms with Gasteiger partial charge in [0.05, 0.1) is 45.4 Å². The zero-order chi connectivity index (χ0) is 59.6. The van der Waals surface area contributed by atoms with E-state index in [1.807, 2.05) is 157 Å². The third kappa shape index (κ3) is 14.1. The maximum Gasteiger partial charge on any atom is 0.410 e. The molecule has 436 valence electrons. The number of rotatable bonds is 12. The lowest BCUT2D eigenvalue weighted by molar-refractivity contribution is 0.0639. The van der Waals surface area contributed by atoms with Crippen molar-refractivity contribution >= 4 is 89.7 Å². The quantitative estimate of drug-likeness (QED) is 0.0715. The van der Waals surface area contributed by atoms with E-state index in [1.165, 1.54) is 0 Å². The molecular formula is C64H65ClN12O8. The number of aromatic amines is 2. The van der Waals surface area contributed by atoms with Gasteiger partial charge in [-0.25, -0.2) is 19.8 Å². The van der Waals surface area contributed by atoms with E-state index in [0.29, 0.717) is 76.4 Å². The van der Waals surface area contributed by atoms with Gasteiger partial charge in [0.1, 0.15) is 0 Å². The number of piperidine rings is 2. The van der Waals surface area contributed by atoms with Crippen LogP contribution in [0.4, 0.5) is 21.0 Å². The van der Waals surface area contributed by atoms with Gasteiger partial charge in [-0.15, -0.1) is 0 Å². The first-order valence-corrected chi connectivity index (χ1v) is 28.8. The molecule has 20 nitrogen and oxygen atoms in total. The monoisotopic (exact) mass is 1160 g/mol. The molecule has 12 rings (SSSR count). The fourth-order valence-electron chi connectivity index (χ4n) is 10.7. The van der Waals surface area contributed by atoms with Crippen molar-refractivity contribution in [2.45, 2.75) is 78.7 Å². The molecule has 21 heteroatoms. The van der Waals surface area contributed by atoms with Gasteiger partial charge in [-0.05, 0) is 127 Å². The number of anilines is 2. The number of fused-ring (bicyclic) bond motifs is 4. The van der Waals surface area contributed by atoms with Crippen LogP contribution >= 0.6 is 11.6 Å². The number of amides is 3. The minimum Gasteiger partial charge on any atom is -0.451 e. The molecule has 0 bridgehead atoms. The summed E-state index contributed by atoms with van der Waals surface area (Å²) in [7, 11) is 0. The van der Waals surface area contributed by atoms with E-state index in [9.17, 15) is 28.8 Å². The molecule has 10 aromatic rings. The number of hydrogen-bond donors (Lipinski definition) is 5. The van der Waals surface area contributed by atoms with Crippen LogP contribution in [0.1, 0.15) is 74.4 Å². The van der Waals surface area contributed by atoms with Crippen molar-refractivity contribution in [2.24, 2.45) is 11.8 Å². The highest BCUT2D eigenvalue weighted by Crippen LogP contribution is 2.30. The lowest BCUT2D eigenvalue weighted by Gasteiger charge is -2.31. The minimum absolute atomic E-state index is 0.106. The van der Waals surface area contributed by atoms with Gasteiger partial charge in [-0.1, -0.05) is 97.1 Å². The van der Waals surface area contributed by atoms with E-state index < -0.39 is 5.43 Å². The maximum atomic E-state index is 13.4. The SMILES string of the molecule is CC(C)OC(=O)Cl.CC(C)OC(=O)N1CCC(Cn2nc(C(=O)Nc3ccc(-c4n[nH]c(=O)c5ccccc45)cc3)c3ccccc32)CC1.O=C(Nc1ccc(-c2n[nH]c(=O)c3ccccc23)cc1)c1nn(CC2CCNCC2)c2ccccc12. The number of benzene rings is 6. The predicted octanol–water partition coefficient (Wildman–Crippen LogP) is 11.4. The van der Waals surface area contributed by atoms with Crippen LogP contribution in [-0.4, -0.2) is 107 Å². The molecule has 0 radical (unpaired) electrons. The first-order chi connectivity index (χ1) is 41.2. The second-order valence-corrected chi connectivity index (χ2v) is 21.8. The van der Waals surface area contributed by atoms with Crippen molar-refractivity contribution in [3.05, 3.63) is 178 Å². The smallest absolute Gasteiger partial charge is 0.410 e. The summed E-state index contributed by atoms with van der Waals surface area (Å²) in [6.45, 7) is 12.0. The highest BCUT2D eigenvalue weighted by Gasteiger charge is 2.27. The molecule has 5 N–H and O–H groups in total. The topological polar surface area (TPSA) is 253 Å². The van der Waals surface area contributed by atoms with Crippen LogP contribution in [0, 0.1) is 11.8 Å². The Kier molecular flexibility index (Phi) is 18.5. The summed E-state index contributed by atoms with van der Waals surface area (Å²) in [4.78, 5) is 74.7. The number of ether oxygens (including phenoxy) is 2. The zero-order valence-corrected chi connectivity index (χ0v) is 48.3. The number of halogens is 1. The second kappa shape index (κ2) is 26.8. The standard InChI is InChI=1S/C32H32N6O4.C28H26N6O2.C4H7ClO2/c1-20(2)42-32(41)37-17-15-21(16-18-37)19-38-27-10-6-5-9-26(27)29(36-38)31(40)33-23-13-11-22(12-14-23)28-24-7-3-4-8-25(24)30(39)35-34-28;35-27-22-6-2-1-5-21(22)25(31-32-27)19-9-11-20(12-10-19)30-28(36)26-23-7-3-4-8-24(23)34(33-26)17-18-13-15-29-16-14-18;1-3(2)7-4(5)6/h3-14,20-21H,15-19H2,1-2H3,(H,33,40)(H,35,39);1-12,18,29H,13-17H2,(H,30,36)(H,32,35);3H,1-2H3. The zero-order valence-electron chi connectivity index (χ0n) is 47.5. The Hall–Kier alpha value is -9.53. The number of carbonyl (C=O) groups excluding carboxylic acids is 4. The average molecular weight is 1170 g/mol. The summed E-state index contributed by atoms with van der Waals surface area (Å²) in [6.07, 6.45) is 3.40. The number of aromatic nitrogens is 8. The van der Waals surface area contributed by atoms with Crippen LogP contribution < -0.4 is 27.1 Å². The van der Waals surface area contributed by atoms with Gasteiger partial charge in [-0.3, -0.25) is 28.5 Å². The number of carbonyl (C=O) groups is 4. The summed E-state index contributed by atoms with van der Waals surface area (Å²) in [5.74, 6) is 0.347. The number of hydrogen-bond acceptors (Lipinski definition) is 13. The molecule has 0 unspecified atom stereocenters. The molecule has 0 aliphatic carbocycles. The first-order valence-electron chi connectivity index (χ1n) is 28.4. The highest BCUT2D eigenvalue weighted by atomic mass is 35.5. The summed E-state index contributed by atoms with van der Waals surface area (Å²) < 4.78 is 13.6. The lowest BCUT2D eigenvalue weighted by atomic mass is 9.97. The van der Waals surface area contributed by atoms with Crippen molar-refractivity contribution in [3.8, 4) is 22.5 Å². The molecule has 6 heterocycles. The number of H-pyrrole nitrogens is 2. The van der Waals surface area contributed by atoms with Crippen molar-refractivity contribution in [2.75, 3.05) is 36.8 Å². The Bertz CT molecular complexity index is 4140. The first kappa shape index (κ1) is 58.7. The van der Waals surface area contributed by atoms with E-state index in [4.69, 9.17) is 26.5 Å². The molecule has 0 spiro atoms. The van der Waals surface area contributed by atoms with Crippen LogP contribution in [0.25, 0.3) is 65.9 Å². The Morgan fingerprint density at radius 1 is 0.529 bits per heavy atom. The predicted molar refractivity (Wildman–Crippen MR) is 330 cm³/mol. The van der Waals surface area contributed by atoms with Crippen molar-refractivity contribution in [3.63, 3.8) is 0 Å². The van der Waals surface area contributed by atoms with Crippen LogP contribution in [0.3, 0.4) is 0 Å². The molecule has 85 heavy (non-hydrogen) atoms. The normalized spacial score (nSPS) is 13.8. The minimum atomic E-state index is -0.741. The van der Waals surface area contributed by atoms with Gasteiger partial charge >= 0.3 is 11.5 Å². The van der Waals surface area contributed by atoms with Crippen LogP contribution in [0.15, 0.2) is 155 Å². The van der Waals surface area contributed by atoms with E-state index in [0.717, 1.165) is 89.0 Å².